The minimum Gasteiger partial charge on any atom is -0.461 e. The van der Waals surface area contributed by atoms with Gasteiger partial charge in [0.05, 0.1) is 10.9 Å². The molecule has 4 aromatic rings. The van der Waals surface area contributed by atoms with Crippen molar-refractivity contribution in [3.8, 4) is 17.3 Å². The molecule has 2 bridgehead atoms. The Morgan fingerprint density at radius 3 is 2.69 bits per heavy atom. The first-order valence-electron chi connectivity index (χ1n) is 15.8. The molecule has 0 aliphatic carbocycles. The van der Waals surface area contributed by atoms with E-state index in [1.165, 1.54) is 6.07 Å². The number of aromatic nitrogens is 3. The molecule has 4 saturated heterocycles. The molecule has 2 aromatic heterocycles. The molecule has 0 spiro atoms. The van der Waals surface area contributed by atoms with Gasteiger partial charge in [0.1, 0.15) is 29.5 Å². The highest BCUT2D eigenvalue weighted by Crippen LogP contribution is 2.43. The van der Waals surface area contributed by atoms with Crippen LogP contribution in [0.2, 0.25) is 0 Å². The van der Waals surface area contributed by atoms with Crippen molar-refractivity contribution in [1.29, 1.82) is 0 Å². The minimum absolute atomic E-state index is 0.0111. The molecule has 4 aliphatic rings. The number of anilines is 1. The van der Waals surface area contributed by atoms with E-state index in [9.17, 15) is 13.2 Å². The van der Waals surface area contributed by atoms with Crippen LogP contribution in [0.4, 0.5) is 23.4 Å². The average molecular weight is 619 g/mol. The smallest absolute Gasteiger partial charge is 0.319 e. The third kappa shape index (κ3) is 4.74. The molecule has 4 aliphatic heterocycles. The van der Waals surface area contributed by atoms with Gasteiger partial charge < -0.3 is 15.0 Å². The number of hydrogen-bond acceptors (Lipinski definition) is 7. The standard InChI is InChI=1S/C34H34F4N6O/c1-2-23-26(35)10-7-19-5-3-6-24(27(19)23)29-28(36)30-25(14-39-29)32(43-16-21-8-9-22(17-43)40-21)42-33(41-30)45-18-34-11-4-12-44(34)15-20(13-34)31(37)38/h3,5-7,10,14,21-22,40H,2,4,8-9,11-13,15-18H2,1H3. The molecule has 4 fully saturated rings. The van der Waals surface area contributed by atoms with E-state index in [1.54, 1.807) is 18.3 Å². The minimum atomic E-state index is -1.62. The lowest BCUT2D eigenvalue weighted by molar-refractivity contribution is 0.108. The van der Waals surface area contributed by atoms with Crippen LogP contribution in [-0.4, -0.2) is 70.3 Å². The monoisotopic (exact) mass is 618 g/mol. The molecule has 3 unspecified atom stereocenters. The van der Waals surface area contributed by atoms with Crippen molar-refractivity contribution in [2.75, 3.05) is 37.7 Å². The maximum atomic E-state index is 16.8. The van der Waals surface area contributed by atoms with Gasteiger partial charge in [0, 0.05) is 49.1 Å². The van der Waals surface area contributed by atoms with E-state index in [4.69, 9.17) is 9.72 Å². The molecular weight excluding hydrogens is 584 g/mol. The van der Waals surface area contributed by atoms with Gasteiger partial charge in [-0.3, -0.25) is 9.88 Å². The Bertz CT molecular complexity index is 1850. The number of aryl methyl sites for hydroxylation is 1. The number of ether oxygens (including phenoxy) is 1. The normalized spacial score (nSPS) is 24.6. The number of nitrogens with zero attached hydrogens (tertiary/aromatic N) is 5. The lowest BCUT2D eigenvalue weighted by Gasteiger charge is -2.34. The zero-order valence-corrected chi connectivity index (χ0v) is 25.1. The molecule has 0 amide bonds. The molecule has 45 heavy (non-hydrogen) atoms. The van der Waals surface area contributed by atoms with Crippen molar-refractivity contribution in [1.82, 2.24) is 25.2 Å². The van der Waals surface area contributed by atoms with E-state index in [-0.39, 0.29) is 48.2 Å². The molecule has 6 heterocycles. The summed E-state index contributed by atoms with van der Waals surface area (Å²) < 4.78 is 65.1. The Morgan fingerprint density at radius 2 is 1.91 bits per heavy atom. The Balaban J connectivity index is 1.25. The predicted molar refractivity (Wildman–Crippen MR) is 165 cm³/mol. The third-order valence-electron chi connectivity index (χ3n) is 10.3. The van der Waals surface area contributed by atoms with E-state index in [0.717, 1.165) is 37.6 Å². The number of fused-ring (bicyclic) bond motifs is 5. The van der Waals surface area contributed by atoms with Crippen LogP contribution in [0.25, 0.3) is 32.9 Å². The van der Waals surface area contributed by atoms with Crippen LogP contribution >= 0.6 is 0 Å². The first-order valence-corrected chi connectivity index (χ1v) is 15.8. The maximum Gasteiger partial charge on any atom is 0.319 e. The summed E-state index contributed by atoms with van der Waals surface area (Å²) in [5.41, 5.74) is 0.730. The molecular formula is C34H34F4N6O. The largest absolute Gasteiger partial charge is 0.461 e. The fourth-order valence-corrected chi connectivity index (χ4v) is 8.12. The van der Waals surface area contributed by atoms with Crippen molar-refractivity contribution < 1.29 is 22.3 Å². The van der Waals surface area contributed by atoms with Gasteiger partial charge in [0.15, 0.2) is 5.82 Å². The zero-order chi connectivity index (χ0) is 30.9. The van der Waals surface area contributed by atoms with Gasteiger partial charge in [0.2, 0.25) is 0 Å². The zero-order valence-electron chi connectivity index (χ0n) is 25.1. The number of hydrogen-bond donors (Lipinski definition) is 1. The summed E-state index contributed by atoms with van der Waals surface area (Å²) in [5, 5.41) is 5.51. The van der Waals surface area contributed by atoms with Crippen LogP contribution in [-0.2, 0) is 6.42 Å². The maximum absolute atomic E-state index is 16.8. The first kappa shape index (κ1) is 28.6. The number of nitrogens with one attached hydrogen (secondary N) is 1. The van der Waals surface area contributed by atoms with Gasteiger partial charge in [-0.05, 0) is 67.5 Å². The van der Waals surface area contributed by atoms with Crippen LogP contribution in [0.5, 0.6) is 6.01 Å². The average Bonchev–Trinajstić information content (AvgIpc) is 3.71. The van der Waals surface area contributed by atoms with Crippen LogP contribution in [0.3, 0.4) is 0 Å². The lowest BCUT2D eigenvalue weighted by atomic mass is 9.94. The molecule has 234 valence electrons. The first-order chi connectivity index (χ1) is 21.8. The van der Waals surface area contributed by atoms with E-state index < -0.39 is 17.4 Å². The van der Waals surface area contributed by atoms with Crippen molar-refractivity contribution in [2.45, 2.75) is 63.1 Å². The third-order valence-corrected chi connectivity index (χ3v) is 10.3. The molecule has 7 nitrogen and oxygen atoms in total. The predicted octanol–water partition coefficient (Wildman–Crippen LogP) is 6.39. The van der Waals surface area contributed by atoms with E-state index in [0.29, 0.717) is 59.3 Å². The summed E-state index contributed by atoms with van der Waals surface area (Å²) in [6.07, 6.45) is 4.39. The second kappa shape index (κ2) is 10.9. The fraction of sp³-hybridized carbons (Fsp3) is 0.441. The van der Waals surface area contributed by atoms with Gasteiger partial charge in [0.25, 0.3) is 6.08 Å². The van der Waals surface area contributed by atoms with Crippen LogP contribution in [0.15, 0.2) is 48.2 Å². The Hall–Kier alpha value is -3.83. The summed E-state index contributed by atoms with van der Waals surface area (Å²) >= 11 is 0. The SMILES string of the molecule is CCc1c(F)ccc2cccc(-c3ncc4c(N5CC6CCC(C5)N6)nc(OCC56CCCN5CC(=C(F)F)C6)nc4c3F)c12. The van der Waals surface area contributed by atoms with Crippen molar-refractivity contribution in [3.05, 3.63) is 65.4 Å². The Kier molecular flexibility index (Phi) is 6.94. The lowest BCUT2D eigenvalue weighted by Crippen LogP contribution is -2.51. The molecule has 0 saturated carbocycles. The molecule has 8 rings (SSSR count). The summed E-state index contributed by atoms with van der Waals surface area (Å²) in [7, 11) is 0. The summed E-state index contributed by atoms with van der Waals surface area (Å²) in [6.45, 7) is 4.36. The highest BCUT2D eigenvalue weighted by Gasteiger charge is 2.48. The highest BCUT2D eigenvalue weighted by molar-refractivity contribution is 6.00. The highest BCUT2D eigenvalue weighted by atomic mass is 19.3. The number of pyridine rings is 1. The Labute approximate surface area is 258 Å². The van der Waals surface area contributed by atoms with Crippen LogP contribution in [0.1, 0.15) is 44.6 Å². The van der Waals surface area contributed by atoms with Gasteiger partial charge in [-0.2, -0.15) is 18.7 Å². The van der Waals surface area contributed by atoms with E-state index in [1.807, 2.05) is 19.1 Å². The van der Waals surface area contributed by atoms with E-state index in [2.05, 4.69) is 25.1 Å². The van der Waals surface area contributed by atoms with Crippen LogP contribution < -0.4 is 15.0 Å². The fourth-order valence-electron chi connectivity index (χ4n) is 8.12. The topological polar surface area (TPSA) is 66.4 Å². The summed E-state index contributed by atoms with van der Waals surface area (Å²) in [5.74, 6) is -0.429. The molecule has 3 atom stereocenters. The van der Waals surface area contributed by atoms with Gasteiger partial charge in [-0.25, -0.2) is 8.78 Å². The van der Waals surface area contributed by atoms with Gasteiger partial charge in [-0.15, -0.1) is 0 Å². The number of halogens is 4. The summed E-state index contributed by atoms with van der Waals surface area (Å²) in [6, 6.07) is 9.21. The number of piperazine rings is 1. The quantitative estimate of drug-likeness (QED) is 0.251. The second-order valence-electron chi connectivity index (χ2n) is 12.9. The van der Waals surface area contributed by atoms with Gasteiger partial charge in [-0.1, -0.05) is 31.2 Å². The summed E-state index contributed by atoms with van der Waals surface area (Å²) in [4.78, 5) is 18.2. The molecule has 1 N–H and O–H groups in total. The van der Waals surface area contributed by atoms with Crippen LogP contribution in [0, 0.1) is 11.6 Å². The molecule has 0 radical (unpaired) electrons. The molecule has 11 heteroatoms. The van der Waals surface area contributed by atoms with Gasteiger partial charge >= 0.3 is 6.01 Å². The van der Waals surface area contributed by atoms with Crippen molar-refractivity contribution in [3.63, 3.8) is 0 Å². The van der Waals surface area contributed by atoms with Crippen molar-refractivity contribution in [2.24, 2.45) is 0 Å². The Morgan fingerprint density at radius 1 is 1.09 bits per heavy atom. The number of rotatable bonds is 6. The van der Waals surface area contributed by atoms with Crippen molar-refractivity contribution >= 4 is 27.5 Å². The molecule has 2 aromatic carbocycles. The second-order valence-corrected chi connectivity index (χ2v) is 12.9. The number of benzene rings is 2. The van der Waals surface area contributed by atoms with E-state index >= 15 is 4.39 Å².